The molecule has 5 nitrogen and oxygen atoms in total. The highest BCUT2D eigenvalue weighted by Crippen LogP contribution is 2.21. The number of rotatable bonds is 6. The fourth-order valence-electron chi connectivity index (χ4n) is 3.70. The molecule has 0 spiro atoms. The standard InChI is InChI=1S/C19H31N3O2/c1-16-14-21(15-17(2)24-16)8-7-20-13-18-5-3-4-6-19(18)22-9-11-23-12-10-22/h3-6,16-17,20H,7-15H2,1-2H3. The van der Waals surface area contributed by atoms with Gasteiger partial charge in [0.2, 0.25) is 0 Å². The fraction of sp³-hybridized carbons (Fsp3) is 0.684. The van der Waals surface area contributed by atoms with Crippen molar-refractivity contribution in [3.8, 4) is 0 Å². The predicted octanol–water partition coefficient (Wildman–Crippen LogP) is 1.72. The molecule has 0 saturated carbocycles. The topological polar surface area (TPSA) is 37.0 Å². The largest absolute Gasteiger partial charge is 0.378 e. The van der Waals surface area contributed by atoms with Crippen LogP contribution < -0.4 is 10.2 Å². The second kappa shape index (κ2) is 8.81. The molecule has 2 aliphatic rings. The highest BCUT2D eigenvalue weighted by Gasteiger charge is 2.21. The van der Waals surface area contributed by atoms with Gasteiger partial charge in [-0.1, -0.05) is 18.2 Å². The van der Waals surface area contributed by atoms with Crippen LogP contribution in [0, 0.1) is 0 Å². The summed E-state index contributed by atoms with van der Waals surface area (Å²) in [5.41, 5.74) is 2.73. The molecule has 134 valence electrons. The first-order chi connectivity index (χ1) is 11.7. The summed E-state index contributed by atoms with van der Waals surface area (Å²) in [5, 5.41) is 3.62. The van der Waals surface area contributed by atoms with Crippen molar-refractivity contribution in [2.75, 3.05) is 57.4 Å². The Kier molecular flexibility index (Phi) is 6.49. The first-order valence-electron chi connectivity index (χ1n) is 9.21. The van der Waals surface area contributed by atoms with Crippen molar-refractivity contribution in [3.63, 3.8) is 0 Å². The Labute approximate surface area is 145 Å². The molecule has 1 N–H and O–H groups in total. The quantitative estimate of drug-likeness (QED) is 0.803. The van der Waals surface area contributed by atoms with Crippen molar-refractivity contribution in [3.05, 3.63) is 29.8 Å². The third kappa shape index (κ3) is 4.93. The summed E-state index contributed by atoms with van der Waals surface area (Å²) in [6, 6.07) is 8.72. The molecular formula is C19H31N3O2. The van der Waals surface area contributed by atoms with Crippen molar-refractivity contribution < 1.29 is 9.47 Å². The van der Waals surface area contributed by atoms with Crippen LogP contribution >= 0.6 is 0 Å². The lowest BCUT2D eigenvalue weighted by Crippen LogP contribution is -2.47. The minimum absolute atomic E-state index is 0.343. The summed E-state index contributed by atoms with van der Waals surface area (Å²) in [4.78, 5) is 4.94. The van der Waals surface area contributed by atoms with E-state index >= 15 is 0 Å². The lowest BCUT2D eigenvalue weighted by molar-refractivity contribution is -0.0674. The van der Waals surface area contributed by atoms with Gasteiger partial charge in [0.25, 0.3) is 0 Å². The van der Waals surface area contributed by atoms with Gasteiger partial charge in [-0.3, -0.25) is 4.90 Å². The number of benzene rings is 1. The van der Waals surface area contributed by atoms with Gasteiger partial charge in [-0.2, -0.15) is 0 Å². The van der Waals surface area contributed by atoms with Gasteiger partial charge in [-0.25, -0.2) is 0 Å². The van der Waals surface area contributed by atoms with Gasteiger partial charge in [0.15, 0.2) is 0 Å². The van der Waals surface area contributed by atoms with Gasteiger partial charge >= 0.3 is 0 Å². The Morgan fingerprint density at radius 1 is 1.08 bits per heavy atom. The summed E-state index contributed by atoms with van der Waals surface area (Å²) < 4.78 is 11.3. The minimum Gasteiger partial charge on any atom is -0.378 e. The van der Waals surface area contributed by atoms with Crippen LogP contribution in [0.3, 0.4) is 0 Å². The maximum atomic E-state index is 5.80. The summed E-state index contributed by atoms with van der Waals surface area (Å²) in [6.45, 7) is 13.0. The van der Waals surface area contributed by atoms with Crippen LogP contribution in [0.25, 0.3) is 0 Å². The fourth-order valence-corrected chi connectivity index (χ4v) is 3.70. The number of nitrogens with zero attached hydrogens (tertiary/aromatic N) is 2. The molecule has 0 aromatic heterocycles. The third-order valence-corrected chi connectivity index (χ3v) is 4.76. The minimum atomic E-state index is 0.343. The van der Waals surface area contributed by atoms with E-state index in [-0.39, 0.29) is 0 Å². The van der Waals surface area contributed by atoms with Crippen LogP contribution in [-0.4, -0.2) is 69.6 Å². The first kappa shape index (κ1) is 17.7. The predicted molar refractivity (Wildman–Crippen MR) is 97.6 cm³/mol. The molecule has 24 heavy (non-hydrogen) atoms. The summed E-state index contributed by atoms with van der Waals surface area (Å²) >= 11 is 0. The van der Waals surface area contributed by atoms with Gasteiger partial charge in [-0.15, -0.1) is 0 Å². The number of nitrogens with one attached hydrogen (secondary N) is 1. The Hall–Kier alpha value is -1.14. The first-order valence-corrected chi connectivity index (χ1v) is 9.21. The zero-order valence-electron chi connectivity index (χ0n) is 15.0. The molecule has 5 heteroatoms. The average Bonchev–Trinajstić information content (AvgIpc) is 2.59. The second-order valence-electron chi connectivity index (χ2n) is 6.92. The maximum Gasteiger partial charge on any atom is 0.0678 e. The number of morpholine rings is 2. The van der Waals surface area contributed by atoms with Crippen molar-refractivity contribution in [1.82, 2.24) is 10.2 Å². The van der Waals surface area contributed by atoms with E-state index < -0.39 is 0 Å². The zero-order valence-corrected chi connectivity index (χ0v) is 15.0. The maximum absolute atomic E-state index is 5.80. The Morgan fingerprint density at radius 2 is 1.79 bits per heavy atom. The van der Waals surface area contributed by atoms with Crippen molar-refractivity contribution >= 4 is 5.69 Å². The van der Waals surface area contributed by atoms with Crippen molar-refractivity contribution in [2.45, 2.75) is 32.6 Å². The molecule has 2 heterocycles. The van der Waals surface area contributed by atoms with Gasteiger partial charge in [0.1, 0.15) is 0 Å². The molecule has 1 aromatic rings. The van der Waals surface area contributed by atoms with Crippen LogP contribution in [0.4, 0.5) is 5.69 Å². The monoisotopic (exact) mass is 333 g/mol. The number of hydrogen-bond acceptors (Lipinski definition) is 5. The molecule has 3 rings (SSSR count). The van der Waals surface area contributed by atoms with E-state index in [1.165, 1.54) is 11.3 Å². The molecule has 1 aromatic carbocycles. The smallest absolute Gasteiger partial charge is 0.0678 e. The van der Waals surface area contributed by atoms with Crippen molar-refractivity contribution in [2.24, 2.45) is 0 Å². The van der Waals surface area contributed by atoms with Crippen molar-refractivity contribution in [1.29, 1.82) is 0 Å². The Balaban J connectivity index is 1.46. The van der Waals surface area contributed by atoms with Gasteiger partial charge in [0, 0.05) is 51.5 Å². The molecule has 0 bridgehead atoms. The molecule has 0 amide bonds. The van der Waals surface area contributed by atoms with Crippen LogP contribution in [0.15, 0.2) is 24.3 Å². The molecule has 2 fully saturated rings. The van der Waals surface area contributed by atoms with E-state index in [1.54, 1.807) is 0 Å². The van der Waals surface area contributed by atoms with Gasteiger partial charge in [0.05, 0.1) is 25.4 Å². The van der Waals surface area contributed by atoms with Crippen LogP contribution in [0.5, 0.6) is 0 Å². The lowest BCUT2D eigenvalue weighted by Gasteiger charge is -2.35. The molecule has 2 saturated heterocycles. The van der Waals surface area contributed by atoms with E-state index in [0.29, 0.717) is 12.2 Å². The highest BCUT2D eigenvalue weighted by atomic mass is 16.5. The molecule has 2 unspecified atom stereocenters. The average molecular weight is 333 g/mol. The summed E-state index contributed by atoms with van der Waals surface area (Å²) in [6.07, 6.45) is 0.687. The highest BCUT2D eigenvalue weighted by molar-refractivity contribution is 5.53. The molecule has 0 radical (unpaired) electrons. The van der Waals surface area contributed by atoms with E-state index in [4.69, 9.17) is 9.47 Å². The summed E-state index contributed by atoms with van der Waals surface area (Å²) in [5.74, 6) is 0. The SMILES string of the molecule is CC1CN(CCNCc2ccccc2N2CCOCC2)CC(C)O1. The number of hydrogen-bond donors (Lipinski definition) is 1. The van der Waals surface area contributed by atoms with Gasteiger partial charge in [-0.05, 0) is 25.5 Å². The number of ether oxygens (including phenoxy) is 2. The lowest BCUT2D eigenvalue weighted by atomic mass is 10.1. The molecule has 2 atom stereocenters. The number of anilines is 1. The molecular weight excluding hydrogens is 302 g/mol. The Morgan fingerprint density at radius 3 is 2.54 bits per heavy atom. The third-order valence-electron chi connectivity index (χ3n) is 4.76. The Bertz CT molecular complexity index is 495. The van der Waals surface area contributed by atoms with E-state index in [1.807, 2.05) is 0 Å². The van der Waals surface area contributed by atoms with Crippen LogP contribution in [0.1, 0.15) is 19.4 Å². The van der Waals surface area contributed by atoms with E-state index in [9.17, 15) is 0 Å². The number of para-hydroxylation sites is 1. The normalized spacial score (nSPS) is 25.8. The summed E-state index contributed by atoms with van der Waals surface area (Å²) in [7, 11) is 0. The van der Waals surface area contributed by atoms with E-state index in [2.05, 4.69) is 53.2 Å². The zero-order chi connectivity index (χ0) is 16.8. The van der Waals surface area contributed by atoms with Crippen LogP contribution in [0.2, 0.25) is 0 Å². The van der Waals surface area contributed by atoms with E-state index in [0.717, 1.165) is 59.0 Å². The molecule has 0 aliphatic carbocycles. The molecule has 2 aliphatic heterocycles. The van der Waals surface area contributed by atoms with Gasteiger partial charge < -0.3 is 19.7 Å². The second-order valence-corrected chi connectivity index (χ2v) is 6.92. The van der Waals surface area contributed by atoms with Crippen LogP contribution in [-0.2, 0) is 16.0 Å².